The van der Waals surface area contributed by atoms with Crippen molar-refractivity contribution in [3.63, 3.8) is 0 Å². The number of nitrogens with zero attached hydrogens (tertiary/aromatic N) is 3. The van der Waals surface area contributed by atoms with Crippen LogP contribution in [-0.4, -0.2) is 48.0 Å². The predicted octanol–water partition coefficient (Wildman–Crippen LogP) is 1.20. The third-order valence-electron chi connectivity index (χ3n) is 2.69. The fraction of sp³-hybridized carbons (Fsp3) is 0.615. The highest BCUT2D eigenvalue weighted by molar-refractivity contribution is 5.90. The quantitative estimate of drug-likeness (QED) is 0.853. The molecule has 0 aliphatic rings. The van der Waals surface area contributed by atoms with Crippen molar-refractivity contribution in [3.8, 4) is 0 Å². The van der Waals surface area contributed by atoms with Crippen LogP contribution in [0.2, 0.25) is 0 Å². The van der Waals surface area contributed by atoms with E-state index in [0.717, 1.165) is 17.8 Å². The maximum absolute atomic E-state index is 11.8. The number of carbonyl (C=O) groups excluding carboxylic acids is 1. The lowest BCUT2D eigenvalue weighted by molar-refractivity contribution is 0.0940. The summed E-state index contributed by atoms with van der Waals surface area (Å²) < 4.78 is 0. The van der Waals surface area contributed by atoms with Gasteiger partial charge in [-0.1, -0.05) is 13.8 Å². The van der Waals surface area contributed by atoms with Crippen molar-refractivity contribution < 1.29 is 4.79 Å². The Balaban J connectivity index is 2.67. The smallest absolute Gasteiger partial charge is 0.289 e. The van der Waals surface area contributed by atoms with Gasteiger partial charge >= 0.3 is 0 Å². The summed E-state index contributed by atoms with van der Waals surface area (Å²) in [6.45, 7) is 7.48. The average molecular weight is 250 g/mol. The molecule has 0 saturated heterocycles. The fourth-order valence-corrected chi connectivity index (χ4v) is 1.62. The van der Waals surface area contributed by atoms with E-state index in [4.69, 9.17) is 0 Å². The van der Waals surface area contributed by atoms with Gasteiger partial charge in [-0.3, -0.25) is 4.79 Å². The van der Waals surface area contributed by atoms with Crippen molar-refractivity contribution >= 4 is 5.91 Å². The third-order valence-corrected chi connectivity index (χ3v) is 2.69. The molecule has 0 fully saturated rings. The Kier molecular flexibility index (Phi) is 5.22. The molecule has 1 aromatic heterocycles. The van der Waals surface area contributed by atoms with Crippen molar-refractivity contribution in [1.29, 1.82) is 0 Å². The number of aromatic nitrogens is 2. The van der Waals surface area contributed by atoms with Gasteiger partial charge in [-0.15, -0.1) is 0 Å². The molecule has 1 N–H and O–H groups in total. The molecule has 100 valence electrons. The Morgan fingerprint density at radius 3 is 2.61 bits per heavy atom. The standard InChI is InChI=1S/C13H22N4O/c1-9(2)11-8-15-12(16-10(11)3)13(18)14-6-7-17(4)5/h8-9H,6-7H2,1-5H3,(H,14,18). The normalized spacial score (nSPS) is 11.1. The summed E-state index contributed by atoms with van der Waals surface area (Å²) in [5.41, 5.74) is 1.96. The van der Waals surface area contributed by atoms with E-state index in [1.165, 1.54) is 0 Å². The Morgan fingerprint density at radius 1 is 1.44 bits per heavy atom. The molecule has 1 amide bonds. The van der Waals surface area contributed by atoms with E-state index in [2.05, 4.69) is 29.1 Å². The zero-order valence-corrected chi connectivity index (χ0v) is 11.8. The number of amides is 1. The Labute approximate surface area is 109 Å². The van der Waals surface area contributed by atoms with Crippen molar-refractivity contribution in [2.24, 2.45) is 0 Å². The Bertz CT molecular complexity index is 415. The maximum Gasteiger partial charge on any atom is 0.289 e. The average Bonchev–Trinajstić information content (AvgIpc) is 2.27. The van der Waals surface area contributed by atoms with Crippen LogP contribution < -0.4 is 5.32 Å². The summed E-state index contributed by atoms with van der Waals surface area (Å²) >= 11 is 0. The van der Waals surface area contributed by atoms with Gasteiger partial charge in [0.1, 0.15) is 0 Å². The first-order valence-corrected chi connectivity index (χ1v) is 6.18. The predicted molar refractivity (Wildman–Crippen MR) is 71.7 cm³/mol. The molecule has 0 saturated carbocycles. The summed E-state index contributed by atoms with van der Waals surface area (Å²) in [5, 5.41) is 2.80. The molecule has 1 heterocycles. The van der Waals surface area contributed by atoms with E-state index in [-0.39, 0.29) is 11.7 Å². The number of carbonyl (C=O) groups is 1. The Morgan fingerprint density at radius 2 is 2.11 bits per heavy atom. The second kappa shape index (κ2) is 6.44. The van der Waals surface area contributed by atoms with Crippen LogP contribution in [-0.2, 0) is 0 Å². The highest BCUT2D eigenvalue weighted by atomic mass is 16.2. The minimum Gasteiger partial charge on any atom is -0.348 e. The second-order valence-electron chi connectivity index (χ2n) is 4.95. The lowest BCUT2D eigenvalue weighted by Crippen LogP contribution is -2.32. The van der Waals surface area contributed by atoms with Crippen LogP contribution >= 0.6 is 0 Å². The van der Waals surface area contributed by atoms with Gasteiger partial charge in [0.05, 0.1) is 0 Å². The third kappa shape index (κ3) is 4.07. The molecule has 5 heteroatoms. The van der Waals surface area contributed by atoms with Gasteiger partial charge in [0, 0.05) is 25.0 Å². The molecule has 18 heavy (non-hydrogen) atoms. The largest absolute Gasteiger partial charge is 0.348 e. The van der Waals surface area contributed by atoms with Crippen LogP contribution in [0.4, 0.5) is 0 Å². The summed E-state index contributed by atoms with van der Waals surface area (Å²) in [5.74, 6) is 0.404. The van der Waals surface area contributed by atoms with Crippen LogP contribution in [0.3, 0.4) is 0 Å². The van der Waals surface area contributed by atoms with Gasteiger partial charge in [0.2, 0.25) is 5.82 Å². The molecule has 0 aliphatic heterocycles. The van der Waals surface area contributed by atoms with Crippen molar-refractivity contribution in [2.45, 2.75) is 26.7 Å². The fourth-order valence-electron chi connectivity index (χ4n) is 1.62. The van der Waals surface area contributed by atoms with Gasteiger partial charge in [-0.25, -0.2) is 9.97 Å². The molecule has 1 rings (SSSR count). The molecular weight excluding hydrogens is 228 g/mol. The van der Waals surface area contributed by atoms with Crippen LogP contribution in [0.15, 0.2) is 6.20 Å². The molecule has 0 bridgehead atoms. The van der Waals surface area contributed by atoms with Crippen molar-refractivity contribution in [1.82, 2.24) is 20.2 Å². The molecule has 0 aromatic carbocycles. The molecular formula is C13H22N4O. The number of hydrogen-bond donors (Lipinski definition) is 1. The number of likely N-dealkylation sites (N-methyl/N-ethyl adjacent to an activating group) is 1. The highest BCUT2D eigenvalue weighted by Crippen LogP contribution is 2.15. The lowest BCUT2D eigenvalue weighted by atomic mass is 10.0. The first-order valence-electron chi connectivity index (χ1n) is 6.18. The van der Waals surface area contributed by atoms with E-state index in [1.54, 1.807) is 6.20 Å². The Hall–Kier alpha value is -1.49. The molecule has 0 spiro atoms. The molecule has 0 aliphatic carbocycles. The monoisotopic (exact) mass is 250 g/mol. The summed E-state index contributed by atoms with van der Waals surface area (Å²) in [4.78, 5) is 22.2. The summed E-state index contributed by atoms with van der Waals surface area (Å²) in [7, 11) is 3.93. The summed E-state index contributed by atoms with van der Waals surface area (Å²) in [6, 6.07) is 0. The summed E-state index contributed by atoms with van der Waals surface area (Å²) in [6.07, 6.45) is 1.74. The first kappa shape index (κ1) is 14.6. The molecule has 1 aromatic rings. The molecule has 0 unspecified atom stereocenters. The molecule has 0 radical (unpaired) electrons. The van der Waals surface area contributed by atoms with Gasteiger partial charge in [0.25, 0.3) is 5.91 Å². The van der Waals surface area contributed by atoms with E-state index in [0.29, 0.717) is 12.5 Å². The van der Waals surface area contributed by atoms with Crippen LogP contribution in [0, 0.1) is 6.92 Å². The van der Waals surface area contributed by atoms with Crippen molar-refractivity contribution in [3.05, 3.63) is 23.3 Å². The molecule has 0 atom stereocenters. The number of aryl methyl sites for hydroxylation is 1. The number of rotatable bonds is 5. The van der Waals surface area contributed by atoms with Gasteiger partial charge in [-0.2, -0.15) is 0 Å². The van der Waals surface area contributed by atoms with E-state index in [9.17, 15) is 4.79 Å². The SMILES string of the molecule is Cc1nc(C(=O)NCCN(C)C)ncc1C(C)C. The number of hydrogen-bond acceptors (Lipinski definition) is 4. The van der Waals surface area contributed by atoms with Gasteiger partial charge in [0.15, 0.2) is 0 Å². The second-order valence-corrected chi connectivity index (χ2v) is 4.95. The maximum atomic E-state index is 11.8. The minimum absolute atomic E-state index is 0.213. The minimum atomic E-state index is -0.213. The van der Waals surface area contributed by atoms with Crippen LogP contribution in [0.1, 0.15) is 41.6 Å². The first-order chi connectivity index (χ1) is 8.41. The van der Waals surface area contributed by atoms with Gasteiger partial charge in [-0.05, 0) is 32.5 Å². The number of nitrogens with one attached hydrogen (secondary N) is 1. The lowest BCUT2D eigenvalue weighted by Gasteiger charge is -2.11. The van der Waals surface area contributed by atoms with E-state index in [1.807, 2.05) is 25.9 Å². The van der Waals surface area contributed by atoms with Crippen molar-refractivity contribution in [2.75, 3.05) is 27.2 Å². The van der Waals surface area contributed by atoms with Crippen LogP contribution in [0.5, 0.6) is 0 Å². The zero-order valence-electron chi connectivity index (χ0n) is 11.8. The van der Waals surface area contributed by atoms with E-state index >= 15 is 0 Å². The molecule has 5 nitrogen and oxygen atoms in total. The topological polar surface area (TPSA) is 58.1 Å². The van der Waals surface area contributed by atoms with Crippen LogP contribution in [0.25, 0.3) is 0 Å². The van der Waals surface area contributed by atoms with Gasteiger partial charge < -0.3 is 10.2 Å². The van der Waals surface area contributed by atoms with E-state index < -0.39 is 0 Å². The highest BCUT2D eigenvalue weighted by Gasteiger charge is 2.12. The zero-order chi connectivity index (χ0) is 13.7.